The minimum atomic E-state index is -0.581. The first kappa shape index (κ1) is 54.1. The summed E-state index contributed by atoms with van der Waals surface area (Å²) in [7, 11) is 21.2. The summed E-state index contributed by atoms with van der Waals surface area (Å²) in [5.41, 5.74) is 12.5. The van der Waals surface area contributed by atoms with Crippen LogP contribution in [0.3, 0.4) is 0 Å². The van der Waals surface area contributed by atoms with Crippen molar-refractivity contribution in [1.82, 2.24) is 0 Å². The summed E-state index contributed by atoms with van der Waals surface area (Å²) in [5.74, 6) is 0.162. The Morgan fingerprint density at radius 2 is 0.578 bits per heavy atom. The molecular weight excluding hydrogens is 797 g/mol. The number of para-hydroxylation sites is 1. The molecule has 0 amide bonds. The van der Waals surface area contributed by atoms with E-state index in [0.29, 0.717) is 13.1 Å². The van der Waals surface area contributed by atoms with Crippen LogP contribution < -0.4 is 29.4 Å². The Morgan fingerprint density at radius 3 is 0.828 bits per heavy atom. The molecule has 0 saturated heterocycles. The van der Waals surface area contributed by atoms with E-state index in [4.69, 9.17) is 10.2 Å². The van der Waals surface area contributed by atoms with Gasteiger partial charge in [-0.05, 0) is 101 Å². The maximum atomic E-state index is 10.4. The van der Waals surface area contributed by atoms with Gasteiger partial charge in [0.15, 0.2) is 0 Å². The van der Waals surface area contributed by atoms with E-state index in [1.807, 2.05) is 136 Å². The lowest BCUT2D eigenvalue weighted by molar-refractivity contribution is 0.220. The molecule has 0 fully saturated rings. The summed E-state index contributed by atoms with van der Waals surface area (Å²) < 4.78 is 0. The summed E-state index contributed by atoms with van der Waals surface area (Å²) in [6.07, 6.45) is -0.581. The van der Waals surface area contributed by atoms with Gasteiger partial charge in [-0.25, -0.2) is 0 Å². The Balaban J connectivity index is 0.000000356. The smallest absolute Gasteiger partial charge is 0.104 e. The molecule has 64 heavy (non-hydrogen) atoms. The van der Waals surface area contributed by atoms with Crippen molar-refractivity contribution in [2.75, 3.05) is 133 Å². The van der Waals surface area contributed by atoms with E-state index in [0.717, 1.165) is 41.0 Å². The predicted octanol–water partition coefficient (Wildman–Crippen LogP) is 8.69. The van der Waals surface area contributed by atoms with Crippen LogP contribution in [0.15, 0.2) is 152 Å². The summed E-state index contributed by atoms with van der Waals surface area (Å²) in [6.45, 7) is 1.66. The van der Waals surface area contributed by atoms with Gasteiger partial charge < -0.3 is 49.8 Å². The second-order valence-electron chi connectivity index (χ2n) is 16.0. The van der Waals surface area contributed by atoms with Crippen LogP contribution in [-0.4, -0.2) is 124 Å². The molecule has 0 aliphatic rings. The highest BCUT2D eigenvalue weighted by atomic mass is 16.3. The number of benzene rings is 6. The highest BCUT2D eigenvalue weighted by Gasteiger charge is 2.18. The van der Waals surface area contributed by atoms with Gasteiger partial charge >= 0.3 is 0 Å². The van der Waals surface area contributed by atoms with Crippen molar-refractivity contribution in [2.45, 2.75) is 19.4 Å². The van der Waals surface area contributed by atoms with Crippen LogP contribution in [-0.2, 0) is 0 Å². The molecule has 0 aliphatic heterocycles. The number of aliphatic hydroxyl groups excluding tert-OH is 4. The van der Waals surface area contributed by atoms with E-state index in [9.17, 15) is 10.2 Å². The molecule has 0 atom stereocenters. The molecular formula is C54H76N6O4. The number of likely N-dealkylation sites (N-methyl/N-ethyl adjacent to an activating group) is 2. The maximum Gasteiger partial charge on any atom is 0.104 e. The molecule has 6 aromatic rings. The molecule has 0 heterocycles. The first-order chi connectivity index (χ1) is 30.2. The zero-order valence-corrected chi connectivity index (χ0v) is 39.4. The minimum absolute atomic E-state index is 0. The van der Waals surface area contributed by atoms with E-state index in [1.165, 1.54) is 28.1 Å². The van der Waals surface area contributed by atoms with Crippen LogP contribution in [0, 0.1) is 0 Å². The number of anilines is 6. The molecule has 0 bridgehead atoms. The third-order valence-electron chi connectivity index (χ3n) is 10.7. The first-order valence-electron chi connectivity index (χ1n) is 21.2. The average Bonchev–Trinajstić information content (AvgIpc) is 3.31. The van der Waals surface area contributed by atoms with Gasteiger partial charge in [0.25, 0.3) is 0 Å². The third-order valence-corrected chi connectivity index (χ3v) is 10.7. The van der Waals surface area contributed by atoms with Crippen molar-refractivity contribution in [2.24, 2.45) is 0 Å². The van der Waals surface area contributed by atoms with Crippen LogP contribution in [0.5, 0.6) is 0 Å². The topological polar surface area (TPSA) is 100 Å². The average molecular weight is 873 g/mol. The molecule has 0 aliphatic carbocycles. The quantitative estimate of drug-likeness (QED) is 0.0751. The highest BCUT2D eigenvalue weighted by molar-refractivity contribution is 5.56. The van der Waals surface area contributed by atoms with Gasteiger partial charge in [-0.3, -0.25) is 0 Å². The van der Waals surface area contributed by atoms with Gasteiger partial charge in [-0.2, -0.15) is 0 Å². The Labute approximate surface area is 385 Å². The van der Waals surface area contributed by atoms with Crippen molar-refractivity contribution >= 4 is 34.1 Å². The largest absolute Gasteiger partial charge is 0.400 e. The molecule has 6 aromatic carbocycles. The van der Waals surface area contributed by atoms with Crippen molar-refractivity contribution < 1.29 is 20.4 Å². The second kappa shape index (κ2) is 27.9. The van der Waals surface area contributed by atoms with Crippen LogP contribution >= 0.6 is 0 Å². The van der Waals surface area contributed by atoms with Gasteiger partial charge in [0.2, 0.25) is 0 Å². The van der Waals surface area contributed by atoms with E-state index < -0.39 is 6.10 Å². The van der Waals surface area contributed by atoms with Gasteiger partial charge in [-0.15, -0.1) is 0 Å². The lowest BCUT2D eigenvalue weighted by Crippen LogP contribution is -2.21. The Bertz CT molecular complexity index is 2010. The van der Waals surface area contributed by atoms with Gasteiger partial charge in [0.1, 0.15) is 6.10 Å². The SMILES string of the molecule is C.CN(C)c1ccc(C(O)c2ccc(N(C)C)cc2)cc1.CN(C)c1ccc(C(c2ccc(N(C)C)cc2)c2ccc(N(C)CCO)cc2)cc1.CN(CCO)c1ccccc1.CO. The molecule has 10 nitrogen and oxygen atoms in total. The monoisotopic (exact) mass is 873 g/mol. The van der Waals surface area contributed by atoms with E-state index in [-0.39, 0.29) is 26.6 Å². The van der Waals surface area contributed by atoms with Crippen molar-refractivity contribution in [1.29, 1.82) is 0 Å². The Kier molecular flexibility index (Phi) is 23.6. The summed E-state index contributed by atoms with van der Waals surface area (Å²) in [4.78, 5) is 12.4. The first-order valence-corrected chi connectivity index (χ1v) is 21.2. The summed E-state index contributed by atoms with van der Waals surface area (Å²) in [5, 5.41) is 35.3. The van der Waals surface area contributed by atoms with E-state index >= 15 is 0 Å². The molecule has 0 saturated carbocycles. The molecule has 0 aromatic heterocycles. The lowest BCUT2D eigenvalue weighted by Gasteiger charge is -2.23. The molecule has 0 unspecified atom stereocenters. The van der Waals surface area contributed by atoms with Gasteiger partial charge in [-0.1, -0.05) is 86.3 Å². The highest BCUT2D eigenvalue weighted by Crippen LogP contribution is 2.35. The zero-order chi connectivity index (χ0) is 46.5. The standard InChI is InChI=1S/C26H33N3O.C17H22N2O.C9H13NO.CH4O.CH4/c1-27(2)23-12-6-20(7-13-23)26(21-8-14-24(15-9-21)28(3)4)22-10-16-25(17-11-22)29(5)18-19-30;1-18(2)15-9-5-13(6-10-15)17(20)14-7-11-16(12-8-14)19(3)4;1-10(7-8-11)9-5-3-2-4-6-9;1-2;/h6-17,26,30H,18-19H2,1-5H3;5-12,17,20H,1-4H3;2-6,11H,7-8H2,1H3;2H,1H3;1H4. The second-order valence-corrected chi connectivity index (χ2v) is 16.0. The summed E-state index contributed by atoms with van der Waals surface area (Å²) >= 11 is 0. The van der Waals surface area contributed by atoms with Crippen molar-refractivity contribution in [3.63, 3.8) is 0 Å². The van der Waals surface area contributed by atoms with Crippen molar-refractivity contribution in [3.05, 3.63) is 179 Å². The van der Waals surface area contributed by atoms with Crippen LogP contribution in [0.25, 0.3) is 0 Å². The number of nitrogens with zero attached hydrogens (tertiary/aromatic N) is 6. The van der Waals surface area contributed by atoms with Gasteiger partial charge in [0.05, 0.1) is 13.2 Å². The van der Waals surface area contributed by atoms with Crippen LogP contribution in [0.2, 0.25) is 0 Å². The number of hydrogen-bond donors (Lipinski definition) is 4. The van der Waals surface area contributed by atoms with Crippen LogP contribution in [0.1, 0.15) is 47.3 Å². The summed E-state index contributed by atoms with van der Waals surface area (Å²) in [6, 6.07) is 52.3. The Morgan fingerprint density at radius 1 is 0.344 bits per heavy atom. The number of rotatable bonds is 15. The fourth-order valence-electron chi connectivity index (χ4n) is 6.77. The zero-order valence-electron chi connectivity index (χ0n) is 39.4. The third kappa shape index (κ3) is 16.3. The van der Waals surface area contributed by atoms with E-state index in [1.54, 1.807) is 0 Å². The molecule has 0 spiro atoms. The number of aliphatic hydroxyl groups is 4. The molecule has 10 heteroatoms. The molecule has 346 valence electrons. The fourth-order valence-corrected chi connectivity index (χ4v) is 6.77. The number of hydrogen-bond acceptors (Lipinski definition) is 10. The maximum absolute atomic E-state index is 10.4. The van der Waals surface area contributed by atoms with Crippen molar-refractivity contribution in [3.8, 4) is 0 Å². The molecule has 4 N–H and O–H groups in total. The van der Waals surface area contributed by atoms with Gasteiger partial charge in [0, 0.05) is 131 Å². The van der Waals surface area contributed by atoms with Crippen LogP contribution in [0.4, 0.5) is 34.1 Å². The predicted molar refractivity (Wildman–Crippen MR) is 277 cm³/mol. The fraction of sp³-hybridized carbons (Fsp3) is 0.333. The van der Waals surface area contributed by atoms with E-state index in [2.05, 4.69) is 116 Å². The normalized spacial score (nSPS) is 10.2. The minimum Gasteiger partial charge on any atom is -0.400 e. The lowest BCUT2D eigenvalue weighted by atomic mass is 9.85. The molecule has 0 radical (unpaired) electrons. The molecule has 6 rings (SSSR count). The Hall–Kier alpha value is -6.04.